The summed E-state index contributed by atoms with van der Waals surface area (Å²) in [5, 5.41) is 29.4. The summed E-state index contributed by atoms with van der Waals surface area (Å²) >= 11 is 24.5. The molecule has 3 atom stereocenters. The third-order valence-electron chi connectivity index (χ3n) is 12.3. The van der Waals surface area contributed by atoms with Gasteiger partial charge in [-0.15, -0.1) is 0 Å². The van der Waals surface area contributed by atoms with Crippen LogP contribution in [0.2, 0.25) is 20.1 Å². The van der Waals surface area contributed by atoms with Gasteiger partial charge in [0.15, 0.2) is 12.3 Å². The Hall–Kier alpha value is -7.43. The number of aliphatic hydroxyl groups is 1. The Bertz CT molecular complexity index is 3340. The molecule has 0 bridgehead atoms. The van der Waals surface area contributed by atoms with E-state index in [2.05, 4.69) is 40.4 Å². The van der Waals surface area contributed by atoms with Crippen LogP contribution in [0.1, 0.15) is 50.8 Å². The number of para-hydroxylation sites is 2. The summed E-state index contributed by atoms with van der Waals surface area (Å²) in [5.74, 6) is -0.837. The Labute approximate surface area is 480 Å². The van der Waals surface area contributed by atoms with Crippen molar-refractivity contribution in [3.05, 3.63) is 189 Å². The highest BCUT2D eigenvalue weighted by Crippen LogP contribution is 2.42. The quantitative estimate of drug-likeness (QED) is 0.0665. The van der Waals surface area contributed by atoms with Crippen molar-refractivity contribution < 1.29 is 47.6 Å². The molecule has 2 aliphatic rings. The summed E-state index contributed by atoms with van der Waals surface area (Å²) in [6, 6.07) is 33.6. The van der Waals surface area contributed by atoms with Gasteiger partial charge in [-0.1, -0.05) is 109 Å². The number of halogens is 5. The fraction of sp³-hybridized carbons (Fsp3) is 0.286. The molecular formula is C56H55Cl4FN10O9. The van der Waals surface area contributed by atoms with Crippen LogP contribution in [-0.4, -0.2) is 94.8 Å². The maximum Gasteiger partial charge on any atom is 0.280 e. The number of aromatic nitrogens is 8. The van der Waals surface area contributed by atoms with Crippen LogP contribution >= 0.6 is 46.4 Å². The van der Waals surface area contributed by atoms with E-state index in [4.69, 9.17) is 84.5 Å². The smallest absolute Gasteiger partial charge is 0.280 e. The predicted molar refractivity (Wildman–Crippen MR) is 298 cm³/mol. The Morgan fingerprint density at radius 2 is 1.40 bits per heavy atom. The van der Waals surface area contributed by atoms with Gasteiger partial charge in [0.1, 0.15) is 74.9 Å². The van der Waals surface area contributed by atoms with E-state index in [-0.39, 0.29) is 53.0 Å². The summed E-state index contributed by atoms with van der Waals surface area (Å²) < 4.78 is 53.1. The van der Waals surface area contributed by atoms with E-state index in [1.54, 1.807) is 101 Å². The van der Waals surface area contributed by atoms with Crippen LogP contribution in [0.3, 0.4) is 0 Å². The van der Waals surface area contributed by atoms with Gasteiger partial charge in [-0.05, 0) is 115 Å². The Morgan fingerprint density at radius 1 is 0.762 bits per heavy atom. The first-order valence-electron chi connectivity index (χ1n) is 24.8. The molecule has 0 saturated carbocycles. The number of hydrogen-bond donors (Lipinski definition) is 1. The van der Waals surface area contributed by atoms with E-state index in [1.165, 1.54) is 25.3 Å². The topological polar surface area (TPSA) is 206 Å². The molecule has 3 unspecified atom stereocenters. The second-order valence-electron chi connectivity index (χ2n) is 18.9. The number of benzene rings is 5. The average Bonchev–Trinajstić information content (AvgIpc) is 4.25. The van der Waals surface area contributed by atoms with Crippen LogP contribution in [0.15, 0.2) is 157 Å². The number of hydrogen-bond acceptors (Lipinski definition) is 17. The molecule has 80 heavy (non-hydrogen) atoms. The fourth-order valence-corrected chi connectivity index (χ4v) is 8.69. The van der Waals surface area contributed by atoms with E-state index in [0.717, 1.165) is 17.8 Å². The lowest BCUT2D eigenvalue weighted by atomic mass is 9.73. The first kappa shape index (κ1) is 58.7. The van der Waals surface area contributed by atoms with Gasteiger partial charge < -0.3 is 43.2 Å². The molecule has 1 N–H and O–H groups in total. The van der Waals surface area contributed by atoms with Crippen LogP contribution in [0.5, 0.6) is 34.8 Å². The van der Waals surface area contributed by atoms with Crippen molar-refractivity contribution in [2.24, 2.45) is 15.7 Å². The molecule has 24 heteroatoms. The van der Waals surface area contributed by atoms with Crippen LogP contribution in [0, 0.1) is 11.2 Å². The highest BCUT2D eigenvalue weighted by Gasteiger charge is 2.44. The van der Waals surface area contributed by atoms with Crippen LogP contribution in [0.25, 0.3) is 0 Å². The van der Waals surface area contributed by atoms with Gasteiger partial charge in [-0.25, -0.2) is 14.6 Å². The van der Waals surface area contributed by atoms with Crippen molar-refractivity contribution in [3.63, 3.8) is 0 Å². The van der Waals surface area contributed by atoms with Crippen LogP contribution < -0.4 is 14.2 Å². The SMILES string of the molecule is CC(C)(C)C(O)(CCc1ccc(Cl)cc1)Cn1cncn1.CC1COC(Cn2cncn2)(c2ccc(Oc3ccc(Cl)cc3)cc2Cl)O1.CO/N=C(/C1=NOCCO1)c1ccccc1Oc1ncnc(Oc2ccccc2Cl)c1F. The molecule has 418 valence electrons. The molecule has 0 amide bonds. The number of rotatable bonds is 17. The van der Waals surface area contributed by atoms with Gasteiger partial charge in [-0.3, -0.25) is 4.68 Å². The average molecular weight is 1170 g/mol. The van der Waals surface area contributed by atoms with E-state index in [1.807, 2.05) is 64.1 Å². The molecule has 19 nitrogen and oxygen atoms in total. The number of ether oxygens (including phenoxy) is 6. The van der Waals surface area contributed by atoms with Gasteiger partial charge >= 0.3 is 0 Å². The third kappa shape index (κ3) is 15.5. The maximum atomic E-state index is 15.1. The molecule has 1 fully saturated rings. The highest BCUT2D eigenvalue weighted by atomic mass is 35.5. The molecule has 3 aromatic heterocycles. The Balaban J connectivity index is 0.000000161. The number of nitrogens with zero attached hydrogens (tertiary/aromatic N) is 10. The van der Waals surface area contributed by atoms with Gasteiger partial charge in [0.25, 0.3) is 17.7 Å². The maximum absolute atomic E-state index is 15.1. The standard InChI is InChI=1S/C21H16ClFN4O5.C19H17Cl2N3O3.C16H22ClN3O/c1-28-26-18(21-27-30-11-10-29-21)13-6-2-4-8-15(13)31-19-17(23)20(25-12-24-19)32-16-9-5-3-7-14(16)22;1-13-9-25-19(27-13,10-24-12-22-11-23-24)17-7-6-16(8-18(17)21)26-15-4-2-14(20)3-5-15;1-15(2,3)16(21,10-20-12-18-11-19-20)9-8-13-4-6-14(17)7-5-13/h2-9,12H,10-11H2,1H3;2-8,11-13H,9-10H2,1H3;4-7,11-12,21H,8-10H2,1-3H3/b26-18+;;. The minimum absolute atomic E-state index is 0.0606. The van der Waals surface area contributed by atoms with Gasteiger partial charge in [-0.2, -0.15) is 24.6 Å². The van der Waals surface area contributed by atoms with Crippen molar-refractivity contribution in [2.45, 2.75) is 71.1 Å². The van der Waals surface area contributed by atoms with E-state index >= 15 is 4.39 Å². The molecular weight excluding hydrogens is 1120 g/mol. The lowest BCUT2D eigenvalue weighted by Crippen LogP contribution is -2.47. The third-order valence-corrected chi connectivity index (χ3v) is 13.4. The molecule has 5 aromatic carbocycles. The minimum atomic E-state index is -1.02. The summed E-state index contributed by atoms with van der Waals surface area (Å²) in [6.07, 6.45) is 8.70. The molecule has 10 rings (SSSR count). The molecule has 5 heterocycles. The minimum Gasteiger partial charge on any atom is -0.470 e. The van der Waals surface area contributed by atoms with Crippen LogP contribution in [0.4, 0.5) is 4.39 Å². The second-order valence-corrected chi connectivity index (χ2v) is 20.6. The van der Waals surface area contributed by atoms with Gasteiger partial charge in [0.2, 0.25) is 11.6 Å². The highest BCUT2D eigenvalue weighted by molar-refractivity contribution is 6.45. The number of oxime groups is 2. The second kappa shape index (κ2) is 27.2. The van der Waals surface area contributed by atoms with E-state index in [0.29, 0.717) is 70.4 Å². The lowest BCUT2D eigenvalue weighted by Gasteiger charge is -2.40. The van der Waals surface area contributed by atoms with Gasteiger partial charge in [0, 0.05) is 15.6 Å². The lowest BCUT2D eigenvalue weighted by molar-refractivity contribution is -0.186. The first-order valence-corrected chi connectivity index (χ1v) is 26.3. The molecule has 1 saturated heterocycles. The normalized spacial score (nSPS) is 16.8. The van der Waals surface area contributed by atoms with Crippen molar-refractivity contribution in [2.75, 3.05) is 26.9 Å². The zero-order chi connectivity index (χ0) is 56.7. The summed E-state index contributed by atoms with van der Waals surface area (Å²) in [7, 11) is 1.37. The molecule has 0 spiro atoms. The van der Waals surface area contributed by atoms with Crippen molar-refractivity contribution in [1.29, 1.82) is 0 Å². The van der Waals surface area contributed by atoms with Crippen molar-refractivity contribution in [3.8, 4) is 34.8 Å². The van der Waals surface area contributed by atoms with Crippen molar-refractivity contribution >= 4 is 58.0 Å². The monoisotopic (exact) mass is 1170 g/mol. The summed E-state index contributed by atoms with van der Waals surface area (Å²) in [5.41, 5.74) is 1.37. The van der Waals surface area contributed by atoms with E-state index < -0.39 is 17.2 Å². The Kier molecular flexibility index (Phi) is 19.9. The first-order chi connectivity index (χ1) is 38.5. The largest absolute Gasteiger partial charge is 0.470 e. The predicted octanol–water partition coefficient (Wildman–Crippen LogP) is 12.6. The summed E-state index contributed by atoms with van der Waals surface area (Å²) in [4.78, 5) is 25.6. The molecule has 2 aliphatic heterocycles. The Morgan fingerprint density at radius 3 is 2.00 bits per heavy atom. The fourth-order valence-electron chi connectivity index (χ4n) is 7.95. The van der Waals surface area contributed by atoms with Gasteiger partial charge in [0.05, 0.1) is 40.5 Å². The van der Waals surface area contributed by atoms with Crippen molar-refractivity contribution in [1.82, 2.24) is 39.5 Å². The van der Waals surface area contributed by atoms with Crippen LogP contribution in [-0.2, 0) is 49.2 Å². The number of aryl methyl sites for hydroxylation is 1. The van der Waals surface area contributed by atoms with E-state index in [9.17, 15) is 5.11 Å². The summed E-state index contributed by atoms with van der Waals surface area (Å²) in [6.45, 7) is 9.93. The zero-order valence-corrected chi connectivity index (χ0v) is 47.0. The zero-order valence-electron chi connectivity index (χ0n) is 44.0. The molecule has 0 aliphatic carbocycles. The molecule has 8 aromatic rings. The molecule has 0 radical (unpaired) electrons.